The summed E-state index contributed by atoms with van der Waals surface area (Å²) >= 11 is 0. The van der Waals surface area contributed by atoms with Crippen molar-refractivity contribution in [3.8, 4) is 0 Å². The van der Waals surface area contributed by atoms with Crippen LogP contribution in [0.25, 0.3) is 0 Å². The van der Waals surface area contributed by atoms with Crippen molar-refractivity contribution in [1.82, 2.24) is 4.90 Å². The topological polar surface area (TPSA) is 12.5 Å². The Morgan fingerprint density at radius 2 is 1.88 bits per heavy atom. The number of hydrogen-bond donors (Lipinski definition) is 0. The van der Waals surface area contributed by atoms with Crippen LogP contribution in [0.1, 0.15) is 44.0 Å². The number of rotatable bonds is 1. The van der Waals surface area contributed by atoms with Gasteiger partial charge in [-0.3, -0.25) is 4.90 Å². The third-order valence-electron chi connectivity index (χ3n) is 3.84. The maximum Gasteiger partial charge on any atom is 0.137 e. The number of fused-ring (bicyclic) bond motifs is 1. The van der Waals surface area contributed by atoms with Gasteiger partial charge in [0.25, 0.3) is 0 Å². The molecule has 0 spiro atoms. The van der Waals surface area contributed by atoms with Crippen LogP contribution in [0.4, 0.5) is 0 Å². The van der Waals surface area contributed by atoms with Crippen molar-refractivity contribution in [2.45, 2.75) is 44.9 Å². The van der Waals surface area contributed by atoms with E-state index in [1.165, 1.54) is 37.1 Å². The van der Waals surface area contributed by atoms with Gasteiger partial charge in [0.05, 0.1) is 5.60 Å². The van der Waals surface area contributed by atoms with E-state index in [0.717, 1.165) is 6.42 Å². The first-order valence-electron chi connectivity index (χ1n) is 6.65. The summed E-state index contributed by atoms with van der Waals surface area (Å²) in [7, 11) is 0. The van der Waals surface area contributed by atoms with Crippen molar-refractivity contribution in [2.75, 3.05) is 13.1 Å². The standard InChI is InChI=1S/C15H21NO/c1-15(2)11-12-7-3-4-8-13(12)14(17-15)16-9-5-6-10-16/h3-4,7-8,14H,5-6,9-11H2,1-2H3/t14-/m0/s1. The van der Waals surface area contributed by atoms with E-state index in [2.05, 4.69) is 43.0 Å². The average Bonchev–Trinajstić information content (AvgIpc) is 2.80. The van der Waals surface area contributed by atoms with E-state index in [9.17, 15) is 0 Å². The molecule has 2 aliphatic rings. The fraction of sp³-hybridized carbons (Fsp3) is 0.600. The van der Waals surface area contributed by atoms with Crippen LogP contribution in [0, 0.1) is 0 Å². The molecular formula is C15H21NO. The van der Waals surface area contributed by atoms with Gasteiger partial charge in [-0.25, -0.2) is 0 Å². The van der Waals surface area contributed by atoms with E-state index in [1.807, 2.05) is 0 Å². The first kappa shape index (κ1) is 11.2. The molecule has 1 aromatic rings. The fourth-order valence-electron chi connectivity index (χ4n) is 3.05. The van der Waals surface area contributed by atoms with Crippen molar-refractivity contribution in [3.05, 3.63) is 35.4 Å². The molecule has 1 aromatic carbocycles. The maximum absolute atomic E-state index is 6.31. The Balaban J connectivity index is 1.97. The van der Waals surface area contributed by atoms with Crippen LogP contribution in [0.2, 0.25) is 0 Å². The minimum atomic E-state index is -0.0401. The van der Waals surface area contributed by atoms with Gasteiger partial charge in [-0.15, -0.1) is 0 Å². The van der Waals surface area contributed by atoms with Crippen LogP contribution < -0.4 is 0 Å². The number of nitrogens with zero attached hydrogens (tertiary/aromatic N) is 1. The lowest BCUT2D eigenvalue weighted by Gasteiger charge is -2.41. The lowest BCUT2D eigenvalue weighted by molar-refractivity contribution is -0.148. The average molecular weight is 231 g/mol. The second-order valence-electron chi connectivity index (χ2n) is 5.85. The van der Waals surface area contributed by atoms with Crippen LogP contribution in [0.3, 0.4) is 0 Å². The van der Waals surface area contributed by atoms with Crippen LogP contribution in [0.15, 0.2) is 24.3 Å². The molecule has 1 fully saturated rings. The van der Waals surface area contributed by atoms with Gasteiger partial charge in [-0.2, -0.15) is 0 Å². The Morgan fingerprint density at radius 3 is 2.65 bits per heavy atom. The highest BCUT2D eigenvalue weighted by Gasteiger charge is 2.36. The summed E-state index contributed by atoms with van der Waals surface area (Å²) < 4.78 is 6.31. The molecule has 1 atom stereocenters. The minimum Gasteiger partial charge on any atom is -0.353 e. The van der Waals surface area contributed by atoms with Gasteiger partial charge < -0.3 is 4.74 Å². The molecule has 0 unspecified atom stereocenters. The second kappa shape index (κ2) is 4.11. The molecule has 0 radical (unpaired) electrons. The van der Waals surface area contributed by atoms with Crippen molar-refractivity contribution in [3.63, 3.8) is 0 Å². The van der Waals surface area contributed by atoms with E-state index in [4.69, 9.17) is 4.74 Å². The summed E-state index contributed by atoms with van der Waals surface area (Å²) in [4.78, 5) is 2.49. The largest absolute Gasteiger partial charge is 0.353 e. The first-order valence-corrected chi connectivity index (χ1v) is 6.65. The van der Waals surface area contributed by atoms with Gasteiger partial charge in [0.1, 0.15) is 6.23 Å². The summed E-state index contributed by atoms with van der Waals surface area (Å²) in [6, 6.07) is 8.75. The van der Waals surface area contributed by atoms with Gasteiger partial charge in [0.2, 0.25) is 0 Å². The Hall–Kier alpha value is -0.860. The van der Waals surface area contributed by atoms with Gasteiger partial charge in [-0.05, 0) is 37.8 Å². The van der Waals surface area contributed by atoms with Crippen molar-refractivity contribution >= 4 is 0 Å². The summed E-state index contributed by atoms with van der Waals surface area (Å²) in [5.41, 5.74) is 2.80. The van der Waals surface area contributed by atoms with E-state index in [1.54, 1.807) is 0 Å². The normalized spacial score (nSPS) is 28.0. The second-order valence-corrected chi connectivity index (χ2v) is 5.85. The van der Waals surface area contributed by atoms with E-state index < -0.39 is 0 Å². The molecule has 2 nitrogen and oxygen atoms in total. The Bertz CT molecular complexity index is 407. The Kier molecular flexibility index (Phi) is 2.72. The first-order chi connectivity index (χ1) is 8.16. The van der Waals surface area contributed by atoms with Crippen LogP contribution in [-0.4, -0.2) is 23.6 Å². The van der Waals surface area contributed by atoms with Gasteiger partial charge in [0, 0.05) is 19.5 Å². The molecule has 2 heterocycles. The third kappa shape index (κ3) is 2.12. The molecule has 3 rings (SSSR count). The van der Waals surface area contributed by atoms with Gasteiger partial charge >= 0.3 is 0 Å². The SMILES string of the molecule is CC1(C)Cc2ccccc2[C@@H](N2CCCC2)O1. The third-order valence-corrected chi connectivity index (χ3v) is 3.84. The molecule has 0 aromatic heterocycles. The molecule has 92 valence electrons. The quantitative estimate of drug-likeness (QED) is 0.736. The lowest BCUT2D eigenvalue weighted by Crippen LogP contribution is -2.41. The highest BCUT2D eigenvalue weighted by molar-refractivity contribution is 5.32. The minimum absolute atomic E-state index is 0.0401. The van der Waals surface area contributed by atoms with Crippen LogP contribution in [0.5, 0.6) is 0 Å². The van der Waals surface area contributed by atoms with Gasteiger partial charge in [0.15, 0.2) is 0 Å². The number of benzene rings is 1. The van der Waals surface area contributed by atoms with Crippen molar-refractivity contribution in [1.29, 1.82) is 0 Å². The van der Waals surface area contributed by atoms with E-state index in [0.29, 0.717) is 0 Å². The fourth-order valence-corrected chi connectivity index (χ4v) is 3.05. The Labute approximate surface area is 104 Å². The molecule has 0 N–H and O–H groups in total. The zero-order valence-corrected chi connectivity index (χ0v) is 10.8. The molecule has 0 bridgehead atoms. The summed E-state index contributed by atoms with van der Waals surface area (Å²) in [5.74, 6) is 0. The van der Waals surface area contributed by atoms with Crippen LogP contribution in [-0.2, 0) is 11.2 Å². The van der Waals surface area contributed by atoms with Crippen LogP contribution >= 0.6 is 0 Å². The summed E-state index contributed by atoms with van der Waals surface area (Å²) in [5, 5.41) is 0. The van der Waals surface area contributed by atoms with E-state index >= 15 is 0 Å². The molecule has 2 heteroatoms. The summed E-state index contributed by atoms with van der Waals surface area (Å²) in [6.07, 6.45) is 3.82. The number of ether oxygens (including phenoxy) is 1. The molecule has 0 amide bonds. The smallest absolute Gasteiger partial charge is 0.137 e. The number of hydrogen-bond acceptors (Lipinski definition) is 2. The lowest BCUT2D eigenvalue weighted by atomic mass is 9.90. The van der Waals surface area contributed by atoms with Gasteiger partial charge in [-0.1, -0.05) is 24.3 Å². The number of likely N-dealkylation sites (tertiary alicyclic amines) is 1. The Morgan fingerprint density at radius 1 is 1.18 bits per heavy atom. The molecule has 2 aliphatic heterocycles. The summed E-state index contributed by atoms with van der Waals surface area (Å²) in [6.45, 7) is 6.75. The zero-order chi connectivity index (χ0) is 11.9. The molecular weight excluding hydrogens is 210 g/mol. The highest BCUT2D eigenvalue weighted by atomic mass is 16.5. The molecule has 17 heavy (non-hydrogen) atoms. The predicted octanol–water partition coefficient (Wildman–Crippen LogP) is 3.13. The predicted molar refractivity (Wildman–Crippen MR) is 68.9 cm³/mol. The van der Waals surface area contributed by atoms with Crippen molar-refractivity contribution < 1.29 is 4.74 Å². The zero-order valence-electron chi connectivity index (χ0n) is 10.8. The van der Waals surface area contributed by atoms with E-state index in [-0.39, 0.29) is 11.8 Å². The molecule has 0 aliphatic carbocycles. The van der Waals surface area contributed by atoms with Crippen molar-refractivity contribution in [2.24, 2.45) is 0 Å². The maximum atomic E-state index is 6.31. The molecule has 1 saturated heterocycles. The monoisotopic (exact) mass is 231 g/mol. The molecule has 0 saturated carbocycles. The highest BCUT2D eigenvalue weighted by Crippen LogP contribution is 2.38.